The fourth-order valence-electron chi connectivity index (χ4n) is 2.32. The molecule has 0 aromatic heterocycles. The first-order valence-electron chi connectivity index (χ1n) is 6.22. The highest BCUT2D eigenvalue weighted by molar-refractivity contribution is 6.30. The van der Waals surface area contributed by atoms with Crippen LogP contribution in [0.25, 0.3) is 0 Å². The van der Waals surface area contributed by atoms with Crippen LogP contribution in [0, 0.1) is 19.7 Å². The Balaban J connectivity index is 2.55. The van der Waals surface area contributed by atoms with E-state index in [1.165, 1.54) is 6.07 Å². The molecule has 0 bridgehead atoms. The van der Waals surface area contributed by atoms with Crippen molar-refractivity contribution in [2.24, 2.45) is 0 Å². The van der Waals surface area contributed by atoms with Crippen LogP contribution in [0.5, 0.6) is 0 Å². The number of halogens is 2. The van der Waals surface area contributed by atoms with Crippen molar-refractivity contribution in [1.82, 2.24) is 5.32 Å². The molecule has 0 saturated heterocycles. The van der Waals surface area contributed by atoms with Crippen LogP contribution in [-0.2, 0) is 0 Å². The van der Waals surface area contributed by atoms with E-state index in [2.05, 4.69) is 5.32 Å². The first-order chi connectivity index (χ1) is 9.02. The summed E-state index contributed by atoms with van der Waals surface area (Å²) in [5.74, 6) is -0.222. The Morgan fingerprint density at radius 3 is 2.21 bits per heavy atom. The van der Waals surface area contributed by atoms with Gasteiger partial charge < -0.3 is 5.32 Å². The number of benzene rings is 2. The standard InChI is InChI=1S/C16H17ClFN/c1-10-4-6-12(17)8-14(10)16(19-3)15-9-13(18)7-5-11(15)2/h4-9,16,19H,1-3H3. The first kappa shape index (κ1) is 14.0. The van der Waals surface area contributed by atoms with Gasteiger partial charge in [0.05, 0.1) is 6.04 Å². The summed E-state index contributed by atoms with van der Waals surface area (Å²) in [7, 11) is 1.87. The first-order valence-corrected chi connectivity index (χ1v) is 6.60. The Morgan fingerprint density at radius 2 is 1.58 bits per heavy atom. The summed E-state index contributed by atoms with van der Waals surface area (Å²) >= 11 is 6.07. The van der Waals surface area contributed by atoms with Crippen LogP contribution in [0.1, 0.15) is 28.3 Å². The Kier molecular flexibility index (Phi) is 4.23. The second-order valence-corrected chi connectivity index (χ2v) is 5.16. The SMILES string of the molecule is CNC(c1cc(F)ccc1C)c1cc(Cl)ccc1C. The molecule has 1 atom stereocenters. The van der Waals surface area contributed by atoms with Crippen molar-refractivity contribution in [3.8, 4) is 0 Å². The van der Waals surface area contributed by atoms with E-state index >= 15 is 0 Å². The molecule has 1 N–H and O–H groups in total. The van der Waals surface area contributed by atoms with Crippen molar-refractivity contribution in [3.63, 3.8) is 0 Å². The fourth-order valence-corrected chi connectivity index (χ4v) is 2.50. The summed E-state index contributed by atoms with van der Waals surface area (Å²) in [5.41, 5.74) is 4.20. The number of hydrogen-bond donors (Lipinski definition) is 1. The van der Waals surface area contributed by atoms with E-state index in [9.17, 15) is 4.39 Å². The molecule has 100 valence electrons. The Hall–Kier alpha value is -1.38. The van der Waals surface area contributed by atoms with Gasteiger partial charge in [0.25, 0.3) is 0 Å². The monoisotopic (exact) mass is 277 g/mol. The van der Waals surface area contributed by atoms with Crippen molar-refractivity contribution in [1.29, 1.82) is 0 Å². The van der Waals surface area contributed by atoms with Crippen molar-refractivity contribution < 1.29 is 4.39 Å². The summed E-state index contributed by atoms with van der Waals surface area (Å²) in [4.78, 5) is 0. The second kappa shape index (κ2) is 5.72. The second-order valence-electron chi connectivity index (χ2n) is 4.72. The molecule has 3 heteroatoms. The van der Waals surface area contributed by atoms with E-state index in [4.69, 9.17) is 11.6 Å². The zero-order valence-electron chi connectivity index (χ0n) is 11.3. The summed E-state index contributed by atoms with van der Waals surface area (Å²) in [6.07, 6.45) is 0. The number of rotatable bonds is 3. The third kappa shape index (κ3) is 2.96. The van der Waals surface area contributed by atoms with E-state index in [0.717, 1.165) is 22.3 Å². The Labute approximate surface area is 118 Å². The van der Waals surface area contributed by atoms with E-state index < -0.39 is 0 Å². The number of hydrogen-bond acceptors (Lipinski definition) is 1. The van der Waals surface area contributed by atoms with Gasteiger partial charge in [-0.05, 0) is 67.4 Å². The van der Waals surface area contributed by atoms with Gasteiger partial charge in [-0.1, -0.05) is 23.7 Å². The van der Waals surface area contributed by atoms with Crippen LogP contribution in [0.15, 0.2) is 36.4 Å². The zero-order chi connectivity index (χ0) is 14.0. The molecule has 1 nitrogen and oxygen atoms in total. The summed E-state index contributed by atoms with van der Waals surface area (Å²) in [5, 5.41) is 3.94. The maximum absolute atomic E-state index is 13.5. The average Bonchev–Trinajstić information content (AvgIpc) is 2.38. The van der Waals surface area contributed by atoms with Crippen LogP contribution < -0.4 is 5.32 Å². The van der Waals surface area contributed by atoms with Gasteiger partial charge >= 0.3 is 0 Å². The molecule has 2 aromatic carbocycles. The lowest BCUT2D eigenvalue weighted by Crippen LogP contribution is -2.20. The van der Waals surface area contributed by atoms with Gasteiger partial charge in [0.1, 0.15) is 5.82 Å². The van der Waals surface area contributed by atoms with Gasteiger partial charge in [-0.25, -0.2) is 4.39 Å². The number of nitrogens with one attached hydrogen (secondary N) is 1. The van der Waals surface area contributed by atoms with Crippen LogP contribution in [0.3, 0.4) is 0 Å². The average molecular weight is 278 g/mol. The molecule has 0 amide bonds. The van der Waals surface area contributed by atoms with E-state index in [-0.39, 0.29) is 11.9 Å². The largest absolute Gasteiger partial charge is 0.309 e. The van der Waals surface area contributed by atoms with E-state index in [1.807, 2.05) is 39.1 Å². The van der Waals surface area contributed by atoms with Crippen LogP contribution in [0.2, 0.25) is 5.02 Å². The maximum atomic E-state index is 13.5. The van der Waals surface area contributed by atoms with Crippen LogP contribution >= 0.6 is 11.6 Å². The molecule has 1 unspecified atom stereocenters. The smallest absolute Gasteiger partial charge is 0.123 e. The molecular formula is C16H17ClFN. The molecule has 0 aliphatic heterocycles. The molecule has 0 saturated carbocycles. The maximum Gasteiger partial charge on any atom is 0.123 e. The molecule has 0 aliphatic rings. The fraction of sp³-hybridized carbons (Fsp3) is 0.250. The van der Waals surface area contributed by atoms with Gasteiger partial charge in [-0.2, -0.15) is 0 Å². The molecule has 2 rings (SSSR count). The molecule has 19 heavy (non-hydrogen) atoms. The van der Waals surface area contributed by atoms with E-state index in [0.29, 0.717) is 5.02 Å². The molecule has 0 spiro atoms. The van der Waals surface area contributed by atoms with Crippen LogP contribution in [-0.4, -0.2) is 7.05 Å². The third-order valence-corrected chi connectivity index (χ3v) is 3.63. The lowest BCUT2D eigenvalue weighted by molar-refractivity contribution is 0.614. The van der Waals surface area contributed by atoms with Crippen molar-refractivity contribution in [2.75, 3.05) is 7.05 Å². The lowest BCUT2D eigenvalue weighted by Gasteiger charge is -2.21. The minimum Gasteiger partial charge on any atom is -0.309 e. The van der Waals surface area contributed by atoms with E-state index in [1.54, 1.807) is 12.1 Å². The predicted molar refractivity (Wildman–Crippen MR) is 78.2 cm³/mol. The van der Waals surface area contributed by atoms with Gasteiger partial charge in [0.15, 0.2) is 0 Å². The van der Waals surface area contributed by atoms with Gasteiger partial charge in [0, 0.05) is 5.02 Å². The molecule has 0 fully saturated rings. The highest BCUT2D eigenvalue weighted by Crippen LogP contribution is 2.29. The molecule has 0 radical (unpaired) electrons. The number of aryl methyl sites for hydroxylation is 2. The minimum absolute atomic E-state index is 0.0607. The summed E-state index contributed by atoms with van der Waals surface area (Å²) < 4.78 is 13.5. The normalized spacial score (nSPS) is 12.5. The quantitative estimate of drug-likeness (QED) is 0.876. The Morgan fingerprint density at radius 1 is 1.00 bits per heavy atom. The van der Waals surface area contributed by atoms with Gasteiger partial charge in [0.2, 0.25) is 0 Å². The third-order valence-electron chi connectivity index (χ3n) is 3.39. The summed E-state index contributed by atoms with van der Waals surface area (Å²) in [6.45, 7) is 4.02. The van der Waals surface area contributed by atoms with Gasteiger partial charge in [-0.15, -0.1) is 0 Å². The Bertz CT molecular complexity index is 544. The lowest BCUT2D eigenvalue weighted by atomic mass is 9.92. The topological polar surface area (TPSA) is 12.0 Å². The highest BCUT2D eigenvalue weighted by atomic mass is 35.5. The highest BCUT2D eigenvalue weighted by Gasteiger charge is 2.17. The molecule has 0 heterocycles. The van der Waals surface area contributed by atoms with Crippen molar-refractivity contribution in [2.45, 2.75) is 19.9 Å². The van der Waals surface area contributed by atoms with Crippen LogP contribution in [0.4, 0.5) is 4.39 Å². The molecular weight excluding hydrogens is 261 g/mol. The molecule has 2 aromatic rings. The van der Waals surface area contributed by atoms with Gasteiger partial charge in [-0.3, -0.25) is 0 Å². The minimum atomic E-state index is -0.222. The predicted octanol–water partition coefficient (Wildman–Crippen LogP) is 4.40. The molecule has 0 aliphatic carbocycles. The summed E-state index contributed by atoms with van der Waals surface area (Å²) in [6, 6.07) is 10.6. The van der Waals surface area contributed by atoms with Crippen molar-refractivity contribution in [3.05, 3.63) is 69.5 Å². The van der Waals surface area contributed by atoms with Crippen molar-refractivity contribution >= 4 is 11.6 Å². The zero-order valence-corrected chi connectivity index (χ0v) is 12.1.